The molecule has 4 heteroatoms. The van der Waals surface area contributed by atoms with Gasteiger partial charge in [-0.05, 0) is 22.9 Å². The standard InChI is InChI=1S/C14H6S4/c1-2-9-11-10(4-6-15-11)17-13(9)12-7(1)8-3-5-16-14(8)18-12/h1-6H. The predicted molar refractivity (Wildman–Crippen MR) is 88.0 cm³/mol. The van der Waals surface area contributed by atoms with Crippen molar-refractivity contribution < 1.29 is 0 Å². The van der Waals surface area contributed by atoms with Crippen molar-refractivity contribution in [2.75, 3.05) is 0 Å². The fourth-order valence-electron chi connectivity index (χ4n) is 2.51. The Hall–Kier alpha value is -0.940. The summed E-state index contributed by atoms with van der Waals surface area (Å²) in [6.45, 7) is 0. The third kappa shape index (κ3) is 1.10. The van der Waals surface area contributed by atoms with Gasteiger partial charge in [0, 0.05) is 20.9 Å². The topological polar surface area (TPSA) is 0 Å². The third-order valence-electron chi connectivity index (χ3n) is 3.31. The molecule has 0 saturated heterocycles. The van der Waals surface area contributed by atoms with Gasteiger partial charge in [-0.1, -0.05) is 12.1 Å². The van der Waals surface area contributed by atoms with Crippen LogP contribution in [0.5, 0.6) is 0 Å². The van der Waals surface area contributed by atoms with Crippen LogP contribution in [-0.2, 0) is 0 Å². The summed E-state index contributed by atoms with van der Waals surface area (Å²) >= 11 is 7.61. The van der Waals surface area contributed by atoms with Crippen LogP contribution in [0.2, 0.25) is 0 Å². The van der Waals surface area contributed by atoms with Crippen LogP contribution in [0.1, 0.15) is 0 Å². The van der Waals surface area contributed by atoms with E-state index in [-0.39, 0.29) is 0 Å². The van der Waals surface area contributed by atoms with Gasteiger partial charge in [-0.3, -0.25) is 0 Å². The molecular weight excluding hydrogens is 296 g/mol. The van der Waals surface area contributed by atoms with Crippen molar-refractivity contribution in [3.8, 4) is 0 Å². The second kappa shape index (κ2) is 3.33. The summed E-state index contributed by atoms with van der Waals surface area (Å²) in [7, 11) is 0. The van der Waals surface area contributed by atoms with E-state index in [9.17, 15) is 0 Å². The zero-order valence-corrected chi connectivity index (χ0v) is 12.4. The maximum Gasteiger partial charge on any atom is 0.0878 e. The first kappa shape index (κ1) is 9.92. The first-order valence-electron chi connectivity index (χ1n) is 5.60. The van der Waals surface area contributed by atoms with E-state index in [0.29, 0.717) is 0 Å². The highest BCUT2D eigenvalue weighted by Crippen LogP contribution is 2.46. The smallest absolute Gasteiger partial charge is 0.0878 e. The van der Waals surface area contributed by atoms with Gasteiger partial charge in [0.2, 0.25) is 0 Å². The number of thiophene rings is 4. The number of rotatable bonds is 0. The lowest BCUT2D eigenvalue weighted by atomic mass is 10.2. The molecule has 5 aromatic rings. The highest BCUT2D eigenvalue weighted by molar-refractivity contribution is 7.43. The van der Waals surface area contributed by atoms with Gasteiger partial charge in [0.15, 0.2) is 0 Å². The molecule has 4 aromatic heterocycles. The summed E-state index contributed by atoms with van der Waals surface area (Å²) in [5.41, 5.74) is 0. The van der Waals surface area contributed by atoms with Gasteiger partial charge < -0.3 is 0 Å². The molecule has 5 rings (SSSR count). The van der Waals surface area contributed by atoms with Crippen molar-refractivity contribution in [1.82, 2.24) is 0 Å². The van der Waals surface area contributed by atoms with E-state index in [1.807, 2.05) is 45.3 Å². The maximum absolute atomic E-state index is 2.30. The summed E-state index contributed by atoms with van der Waals surface area (Å²) in [5, 5.41) is 8.68. The summed E-state index contributed by atoms with van der Waals surface area (Å²) in [4.78, 5) is 0. The molecule has 0 amide bonds. The Labute approximate surface area is 119 Å². The van der Waals surface area contributed by atoms with Gasteiger partial charge in [-0.25, -0.2) is 0 Å². The minimum atomic E-state index is 1.43. The van der Waals surface area contributed by atoms with Crippen LogP contribution in [0, 0.1) is 0 Å². The SMILES string of the molecule is c1cc2c(s1)sc1c2ccc2c3sccc3sc21. The minimum Gasteiger partial charge on any atom is -0.142 e. The van der Waals surface area contributed by atoms with E-state index < -0.39 is 0 Å². The van der Waals surface area contributed by atoms with E-state index in [1.54, 1.807) is 0 Å². The van der Waals surface area contributed by atoms with Crippen LogP contribution in [0.25, 0.3) is 39.0 Å². The zero-order valence-electron chi connectivity index (χ0n) is 9.10. The van der Waals surface area contributed by atoms with Gasteiger partial charge in [-0.2, -0.15) is 0 Å². The van der Waals surface area contributed by atoms with Crippen molar-refractivity contribution in [2.45, 2.75) is 0 Å². The number of fused-ring (bicyclic) bond motifs is 7. The molecule has 0 N–H and O–H groups in total. The quantitative estimate of drug-likeness (QED) is 0.304. The fraction of sp³-hybridized carbons (Fsp3) is 0. The van der Waals surface area contributed by atoms with Crippen LogP contribution in [0.4, 0.5) is 0 Å². The Morgan fingerprint density at radius 3 is 2.44 bits per heavy atom. The highest BCUT2D eigenvalue weighted by Gasteiger charge is 2.13. The largest absolute Gasteiger partial charge is 0.142 e. The first-order chi connectivity index (χ1) is 8.92. The average Bonchev–Trinajstić information content (AvgIpc) is 3.06. The molecule has 0 nitrogen and oxygen atoms in total. The molecule has 0 radical (unpaired) electrons. The molecule has 0 aliphatic heterocycles. The molecule has 0 fully saturated rings. The summed E-state index contributed by atoms with van der Waals surface area (Å²) in [6, 6.07) is 9.10. The van der Waals surface area contributed by atoms with E-state index in [0.717, 1.165) is 0 Å². The molecule has 0 bridgehead atoms. The molecule has 0 spiro atoms. The summed E-state index contributed by atoms with van der Waals surface area (Å²) in [5.74, 6) is 0. The predicted octanol–water partition coefficient (Wildman–Crippen LogP) is 6.55. The van der Waals surface area contributed by atoms with Crippen molar-refractivity contribution in [3.63, 3.8) is 0 Å². The Bertz CT molecular complexity index is 938. The van der Waals surface area contributed by atoms with Gasteiger partial charge >= 0.3 is 0 Å². The molecule has 86 valence electrons. The van der Waals surface area contributed by atoms with E-state index in [4.69, 9.17) is 0 Å². The van der Waals surface area contributed by atoms with Crippen molar-refractivity contribution >= 4 is 84.3 Å². The van der Waals surface area contributed by atoms with Crippen LogP contribution in [0.3, 0.4) is 0 Å². The number of hydrogen-bond acceptors (Lipinski definition) is 4. The Kier molecular flexibility index (Phi) is 1.84. The molecule has 0 aliphatic rings. The van der Waals surface area contributed by atoms with E-state index in [1.165, 1.54) is 39.0 Å². The minimum absolute atomic E-state index is 1.43. The average molecular weight is 302 g/mol. The van der Waals surface area contributed by atoms with Crippen LogP contribution in [0.15, 0.2) is 35.0 Å². The molecule has 18 heavy (non-hydrogen) atoms. The van der Waals surface area contributed by atoms with Crippen molar-refractivity contribution in [3.05, 3.63) is 35.0 Å². The molecule has 0 atom stereocenters. The summed E-state index contributed by atoms with van der Waals surface area (Å²) < 4.78 is 7.28. The lowest BCUT2D eigenvalue weighted by molar-refractivity contribution is 2.04. The molecule has 0 unspecified atom stereocenters. The lowest BCUT2D eigenvalue weighted by Gasteiger charge is -1.92. The van der Waals surface area contributed by atoms with Gasteiger partial charge in [0.1, 0.15) is 0 Å². The van der Waals surface area contributed by atoms with Crippen molar-refractivity contribution in [2.24, 2.45) is 0 Å². The number of hydrogen-bond donors (Lipinski definition) is 0. The fourth-order valence-corrected chi connectivity index (χ4v) is 7.25. The maximum atomic E-state index is 2.30. The first-order valence-corrected chi connectivity index (χ1v) is 8.99. The normalized spacial score (nSPS) is 12.4. The van der Waals surface area contributed by atoms with Crippen LogP contribution in [-0.4, -0.2) is 0 Å². The lowest BCUT2D eigenvalue weighted by Crippen LogP contribution is -1.64. The van der Waals surface area contributed by atoms with Crippen LogP contribution >= 0.6 is 45.3 Å². The monoisotopic (exact) mass is 302 g/mol. The molecule has 0 aliphatic carbocycles. The molecular formula is C14H6S4. The zero-order chi connectivity index (χ0) is 11.7. The van der Waals surface area contributed by atoms with Gasteiger partial charge in [-0.15, -0.1) is 45.3 Å². The highest BCUT2D eigenvalue weighted by atomic mass is 32.2. The van der Waals surface area contributed by atoms with Gasteiger partial charge in [0.05, 0.1) is 18.1 Å². The molecule has 0 saturated carbocycles. The van der Waals surface area contributed by atoms with E-state index in [2.05, 4.69) is 35.0 Å². The Balaban J connectivity index is 2.14. The number of benzene rings is 1. The van der Waals surface area contributed by atoms with E-state index >= 15 is 0 Å². The molecule has 4 heterocycles. The third-order valence-corrected chi connectivity index (χ3v) is 7.99. The second-order valence-electron chi connectivity index (χ2n) is 4.26. The Morgan fingerprint density at radius 2 is 1.44 bits per heavy atom. The Morgan fingerprint density at radius 1 is 0.611 bits per heavy atom. The van der Waals surface area contributed by atoms with Gasteiger partial charge in [0.25, 0.3) is 0 Å². The van der Waals surface area contributed by atoms with Crippen molar-refractivity contribution in [1.29, 1.82) is 0 Å². The van der Waals surface area contributed by atoms with Crippen LogP contribution < -0.4 is 0 Å². The molecule has 1 aromatic carbocycles. The summed E-state index contributed by atoms with van der Waals surface area (Å²) in [6.07, 6.45) is 0. The second-order valence-corrected chi connectivity index (χ2v) is 8.42.